The molecule has 0 bridgehead atoms. The quantitative estimate of drug-likeness (QED) is 0.464. The number of aromatic nitrogens is 1. The molecule has 0 radical (unpaired) electrons. The van der Waals surface area contributed by atoms with Crippen molar-refractivity contribution in [1.82, 2.24) is 10.3 Å². The second-order valence-corrected chi connectivity index (χ2v) is 7.23. The number of hydrogen-bond donors (Lipinski definition) is 3. The van der Waals surface area contributed by atoms with Crippen molar-refractivity contribution in [3.05, 3.63) is 89.2 Å². The Hall–Kier alpha value is -3.88. The average molecular weight is 459 g/mol. The Morgan fingerprint density at radius 3 is 2.03 bits per heavy atom. The Bertz CT molecular complexity index is 1090. The van der Waals surface area contributed by atoms with Gasteiger partial charge in [0.2, 0.25) is 0 Å². The molecule has 2 aromatic carbocycles. The number of aryl methyl sites for hydroxylation is 1. The Morgan fingerprint density at radius 1 is 0.939 bits per heavy atom. The number of carbonyl (C=O) groups is 2. The number of carbonyl (C=O) groups excluding carboxylic acids is 1. The molecule has 1 amide bonds. The van der Waals surface area contributed by atoms with E-state index in [-0.39, 0.29) is 11.9 Å². The summed E-state index contributed by atoms with van der Waals surface area (Å²) in [6.45, 7) is 6.19. The van der Waals surface area contributed by atoms with E-state index < -0.39 is 12.1 Å². The minimum atomic E-state index is -5.08. The molecule has 0 aliphatic rings. The van der Waals surface area contributed by atoms with Crippen LogP contribution in [0.4, 0.5) is 24.5 Å². The molecule has 0 aliphatic carbocycles. The van der Waals surface area contributed by atoms with Crippen molar-refractivity contribution in [2.75, 3.05) is 5.32 Å². The highest BCUT2D eigenvalue weighted by atomic mass is 19.4. The number of anilines is 2. The molecular weight excluding hydrogens is 435 g/mol. The van der Waals surface area contributed by atoms with Gasteiger partial charge in [-0.15, -0.1) is 0 Å². The van der Waals surface area contributed by atoms with Gasteiger partial charge < -0.3 is 15.7 Å². The van der Waals surface area contributed by atoms with Gasteiger partial charge in [0, 0.05) is 29.3 Å². The van der Waals surface area contributed by atoms with Crippen LogP contribution in [0.2, 0.25) is 0 Å². The first kappa shape index (κ1) is 25.4. The topological polar surface area (TPSA) is 91.3 Å². The summed E-state index contributed by atoms with van der Waals surface area (Å²) < 4.78 is 31.7. The summed E-state index contributed by atoms with van der Waals surface area (Å²) in [6, 6.07) is 17.4. The molecule has 1 heterocycles. The molecule has 0 aliphatic heterocycles. The average Bonchev–Trinajstić information content (AvgIpc) is 2.76. The van der Waals surface area contributed by atoms with E-state index >= 15 is 0 Å². The van der Waals surface area contributed by atoms with Crippen LogP contribution in [-0.2, 0) is 4.79 Å². The number of amides is 1. The smallest absolute Gasteiger partial charge is 0.475 e. The zero-order valence-electron chi connectivity index (χ0n) is 18.3. The van der Waals surface area contributed by atoms with Crippen LogP contribution in [0.25, 0.3) is 0 Å². The van der Waals surface area contributed by atoms with E-state index in [1.54, 1.807) is 12.4 Å². The number of carboxylic acid groups (broad SMARTS) is 1. The van der Waals surface area contributed by atoms with Crippen molar-refractivity contribution in [2.24, 2.45) is 0 Å². The van der Waals surface area contributed by atoms with Crippen molar-refractivity contribution >= 4 is 23.3 Å². The summed E-state index contributed by atoms with van der Waals surface area (Å²) in [5.74, 6) is -2.83. The van der Waals surface area contributed by atoms with Crippen LogP contribution in [0.1, 0.15) is 40.0 Å². The maximum absolute atomic E-state index is 12.6. The van der Waals surface area contributed by atoms with Crippen molar-refractivity contribution < 1.29 is 27.9 Å². The van der Waals surface area contributed by atoms with E-state index in [1.165, 1.54) is 11.1 Å². The first-order valence-corrected chi connectivity index (χ1v) is 9.93. The van der Waals surface area contributed by atoms with E-state index in [0.717, 1.165) is 16.9 Å². The summed E-state index contributed by atoms with van der Waals surface area (Å²) in [5.41, 5.74) is 6.13. The standard InChI is InChI=1S/C22H23N3O.C2HF3O2/c1-15-5-4-6-21(16(15)2)17(3)24-22(26)18-7-9-19(10-8-18)25-20-11-13-23-14-12-20;3-2(4,5)1(6)7/h4-14,17H,1-3H3,(H,23,25)(H,24,26);(H,6,7). The van der Waals surface area contributed by atoms with Crippen LogP contribution in [0.5, 0.6) is 0 Å². The van der Waals surface area contributed by atoms with Crippen molar-refractivity contribution in [2.45, 2.75) is 33.0 Å². The largest absolute Gasteiger partial charge is 0.490 e. The minimum Gasteiger partial charge on any atom is -0.475 e. The van der Waals surface area contributed by atoms with Gasteiger partial charge in [-0.2, -0.15) is 13.2 Å². The maximum atomic E-state index is 12.6. The summed E-state index contributed by atoms with van der Waals surface area (Å²) in [5, 5.41) is 13.5. The molecule has 1 aromatic heterocycles. The number of rotatable bonds is 5. The van der Waals surface area contributed by atoms with Crippen LogP contribution in [0.3, 0.4) is 0 Å². The molecule has 3 aromatic rings. The molecule has 174 valence electrons. The fourth-order valence-corrected chi connectivity index (χ4v) is 2.91. The fourth-order valence-electron chi connectivity index (χ4n) is 2.91. The molecule has 0 saturated heterocycles. The second kappa shape index (κ2) is 11.1. The monoisotopic (exact) mass is 459 g/mol. The normalized spacial score (nSPS) is 11.6. The Morgan fingerprint density at radius 2 is 1.48 bits per heavy atom. The number of pyridine rings is 1. The second-order valence-electron chi connectivity index (χ2n) is 7.23. The molecule has 1 atom stereocenters. The zero-order valence-corrected chi connectivity index (χ0v) is 18.3. The van der Waals surface area contributed by atoms with E-state index in [2.05, 4.69) is 41.6 Å². The molecular formula is C24H24F3N3O3. The van der Waals surface area contributed by atoms with Gasteiger partial charge in [-0.1, -0.05) is 18.2 Å². The third-order valence-corrected chi connectivity index (χ3v) is 4.82. The van der Waals surface area contributed by atoms with Gasteiger partial charge in [-0.25, -0.2) is 4.79 Å². The number of nitrogens with zero attached hydrogens (tertiary/aromatic N) is 1. The van der Waals surface area contributed by atoms with Gasteiger partial charge in [0.05, 0.1) is 6.04 Å². The molecule has 0 saturated carbocycles. The Labute approximate surface area is 189 Å². The number of nitrogens with one attached hydrogen (secondary N) is 2. The molecule has 0 spiro atoms. The number of halogens is 3. The highest BCUT2D eigenvalue weighted by molar-refractivity contribution is 5.94. The number of hydrogen-bond acceptors (Lipinski definition) is 4. The number of alkyl halides is 3. The summed E-state index contributed by atoms with van der Waals surface area (Å²) in [4.78, 5) is 25.4. The molecule has 0 fully saturated rings. The van der Waals surface area contributed by atoms with Gasteiger partial charge in [0.15, 0.2) is 0 Å². The third-order valence-electron chi connectivity index (χ3n) is 4.82. The lowest BCUT2D eigenvalue weighted by molar-refractivity contribution is -0.192. The van der Waals surface area contributed by atoms with Crippen LogP contribution in [0.15, 0.2) is 67.0 Å². The van der Waals surface area contributed by atoms with Crippen molar-refractivity contribution in [3.8, 4) is 0 Å². The van der Waals surface area contributed by atoms with Crippen LogP contribution in [0, 0.1) is 13.8 Å². The molecule has 9 heteroatoms. The third kappa shape index (κ3) is 7.64. The van der Waals surface area contributed by atoms with Crippen LogP contribution >= 0.6 is 0 Å². The summed E-state index contributed by atoms with van der Waals surface area (Å²) >= 11 is 0. The van der Waals surface area contributed by atoms with Gasteiger partial charge in [-0.3, -0.25) is 9.78 Å². The summed E-state index contributed by atoms with van der Waals surface area (Å²) in [6.07, 6.45) is -1.61. The molecule has 3 N–H and O–H groups in total. The SMILES string of the molecule is Cc1cccc(C(C)NC(=O)c2ccc(Nc3ccncc3)cc2)c1C.O=C(O)C(F)(F)F. The van der Waals surface area contributed by atoms with E-state index in [4.69, 9.17) is 9.90 Å². The van der Waals surface area contributed by atoms with E-state index in [1.807, 2.05) is 49.4 Å². The zero-order chi connectivity index (χ0) is 24.6. The number of carboxylic acids is 1. The lowest BCUT2D eigenvalue weighted by Gasteiger charge is -2.18. The first-order valence-electron chi connectivity index (χ1n) is 9.93. The predicted octanol–water partition coefficient (Wildman–Crippen LogP) is 5.57. The van der Waals surface area contributed by atoms with Gasteiger partial charge in [0.25, 0.3) is 5.91 Å². The van der Waals surface area contributed by atoms with Crippen molar-refractivity contribution in [3.63, 3.8) is 0 Å². The lowest BCUT2D eigenvalue weighted by Crippen LogP contribution is -2.27. The van der Waals surface area contributed by atoms with Gasteiger partial charge in [0.1, 0.15) is 0 Å². The minimum absolute atomic E-state index is 0.0444. The first-order chi connectivity index (χ1) is 15.5. The van der Waals surface area contributed by atoms with Crippen LogP contribution in [-0.4, -0.2) is 28.1 Å². The van der Waals surface area contributed by atoms with E-state index in [9.17, 15) is 18.0 Å². The molecule has 33 heavy (non-hydrogen) atoms. The lowest BCUT2D eigenvalue weighted by atomic mass is 9.98. The van der Waals surface area contributed by atoms with Gasteiger partial charge in [-0.05, 0) is 73.9 Å². The van der Waals surface area contributed by atoms with E-state index in [0.29, 0.717) is 5.56 Å². The number of aliphatic carboxylic acids is 1. The number of benzene rings is 2. The summed E-state index contributed by atoms with van der Waals surface area (Å²) in [7, 11) is 0. The van der Waals surface area contributed by atoms with Crippen LogP contribution < -0.4 is 10.6 Å². The molecule has 3 rings (SSSR count). The highest BCUT2D eigenvalue weighted by Crippen LogP contribution is 2.21. The maximum Gasteiger partial charge on any atom is 0.490 e. The Kier molecular flexibility index (Phi) is 8.56. The van der Waals surface area contributed by atoms with Crippen molar-refractivity contribution in [1.29, 1.82) is 0 Å². The predicted molar refractivity (Wildman–Crippen MR) is 119 cm³/mol. The highest BCUT2D eigenvalue weighted by Gasteiger charge is 2.38. The molecule has 1 unspecified atom stereocenters. The fraction of sp³-hybridized carbons (Fsp3) is 0.208. The van der Waals surface area contributed by atoms with Gasteiger partial charge >= 0.3 is 12.1 Å². The molecule has 6 nitrogen and oxygen atoms in total. The Balaban J connectivity index is 0.000000479.